The molecule has 0 aromatic rings. The summed E-state index contributed by atoms with van der Waals surface area (Å²) in [6.45, 7) is 8.10. The van der Waals surface area contributed by atoms with E-state index in [0.29, 0.717) is 24.2 Å². The third-order valence-electron chi connectivity index (χ3n) is 10.6. The maximum absolute atomic E-state index is 12.4. The molecule has 0 bridgehead atoms. The molecule has 0 amide bonds. The van der Waals surface area contributed by atoms with Crippen LogP contribution in [-0.2, 0) is 23.9 Å². The molecule has 1 saturated heterocycles. The fourth-order valence-corrected chi connectivity index (χ4v) is 8.88. The number of ketones is 1. The number of rotatable bonds is 3. The molecule has 5 nitrogen and oxygen atoms in total. The van der Waals surface area contributed by atoms with Gasteiger partial charge in [-0.05, 0) is 87.0 Å². The molecular formula is C28H40O5. The molecule has 5 rings (SSSR count). The van der Waals surface area contributed by atoms with Gasteiger partial charge in [-0.25, -0.2) is 0 Å². The van der Waals surface area contributed by atoms with Gasteiger partial charge in [0.1, 0.15) is 11.7 Å². The van der Waals surface area contributed by atoms with Crippen molar-refractivity contribution in [2.45, 2.75) is 104 Å². The third-order valence-corrected chi connectivity index (χ3v) is 10.6. The van der Waals surface area contributed by atoms with Gasteiger partial charge in [0.15, 0.2) is 5.78 Å². The summed E-state index contributed by atoms with van der Waals surface area (Å²) in [4.78, 5) is 36.8. The Balaban J connectivity index is 1.44. The Morgan fingerprint density at radius 1 is 1.06 bits per heavy atom. The van der Waals surface area contributed by atoms with E-state index in [2.05, 4.69) is 13.8 Å². The van der Waals surface area contributed by atoms with Crippen molar-refractivity contribution in [1.82, 2.24) is 0 Å². The van der Waals surface area contributed by atoms with Gasteiger partial charge in [0.25, 0.3) is 0 Å². The van der Waals surface area contributed by atoms with Crippen LogP contribution in [0, 0.1) is 40.9 Å². The molecule has 5 aliphatic rings. The zero-order valence-electron chi connectivity index (χ0n) is 20.7. The first-order valence-corrected chi connectivity index (χ1v) is 13.3. The van der Waals surface area contributed by atoms with Gasteiger partial charge in [-0.15, -0.1) is 0 Å². The summed E-state index contributed by atoms with van der Waals surface area (Å²) < 4.78 is 12.2. The second-order valence-corrected chi connectivity index (χ2v) is 12.1. The second-order valence-electron chi connectivity index (χ2n) is 12.1. The predicted molar refractivity (Wildman–Crippen MR) is 124 cm³/mol. The highest BCUT2D eigenvalue weighted by atomic mass is 16.6. The fourth-order valence-electron chi connectivity index (χ4n) is 8.88. The van der Waals surface area contributed by atoms with Crippen molar-refractivity contribution in [3.05, 3.63) is 11.6 Å². The van der Waals surface area contributed by atoms with Crippen LogP contribution in [0.3, 0.4) is 0 Å². The number of esters is 2. The van der Waals surface area contributed by atoms with Gasteiger partial charge >= 0.3 is 11.9 Å². The lowest BCUT2D eigenvalue weighted by atomic mass is 9.48. The smallest absolute Gasteiger partial charge is 0.308 e. The Labute approximate surface area is 198 Å². The van der Waals surface area contributed by atoms with Crippen molar-refractivity contribution in [2.24, 2.45) is 40.9 Å². The van der Waals surface area contributed by atoms with Crippen LogP contribution in [0.1, 0.15) is 91.9 Å². The molecule has 1 heterocycles. The van der Waals surface area contributed by atoms with E-state index in [0.717, 1.165) is 57.8 Å². The standard InChI is InChI=1S/C28H40O5/c1-16-5-10-25(32-26(16)31)17(2)22-8-9-24-21-7-6-19-15-20(30)11-13-27(19,4)23(21)12-14-28(22,24)33-18(3)29/h15-17,21-25H,5-14H2,1-4H3/t16?,17-,21+,22+,23-,24-,25?,27-,28-/m0/s1. The van der Waals surface area contributed by atoms with Gasteiger partial charge in [-0.3, -0.25) is 14.4 Å². The van der Waals surface area contributed by atoms with Gasteiger partial charge in [0.05, 0.1) is 5.92 Å². The van der Waals surface area contributed by atoms with E-state index in [-0.39, 0.29) is 47.0 Å². The lowest BCUT2D eigenvalue weighted by molar-refractivity contribution is -0.196. The van der Waals surface area contributed by atoms with Crippen molar-refractivity contribution in [2.75, 3.05) is 0 Å². The Bertz CT molecular complexity index is 876. The molecule has 0 N–H and O–H groups in total. The number of hydrogen-bond acceptors (Lipinski definition) is 5. The molecule has 4 aliphatic carbocycles. The lowest BCUT2D eigenvalue weighted by Gasteiger charge is -2.58. The monoisotopic (exact) mass is 456 g/mol. The Kier molecular flexibility index (Phi) is 5.77. The average molecular weight is 457 g/mol. The molecule has 0 aromatic heterocycles. The highest BCUT2D eigenvalue weighted by molar-refractivity contribution is 5.91. The topological polar surface area (TPSA) is 69.7 Å². The number of cyclic esters (lactones) is 1. The lowest BCUT2D eigenvalue weighted by Crippen LogP contribution is -2.57. The summed E-state index contributed by atoms with van der Waals surface area (Å²) in [7, 11) is 0. The van der Waals surface area contributed by atoms with Crippen molar-refractivity contribution in [3.8, 4) is 0 Å². The maximum Gasteiger partial charge on any atom is 0.308 e. The quantitative estimate of drug-likeness (QED) is 0.531. The van der Waals surface area contributed by atoms with Gasteiger partial charge in [0, 0.05) is 25.2 Å². The number of ether oxygens (including phenoxy) is 2. The number of hydrogen-bond donors (Lipinski definition) is 0. The van der Waals surface area contributed by atoms with E-state index in [9.17, 15) is 14.4 Å². The van der Waals surface area contributed by atoms with E-state index in [1.54, 1.807) is 6.92 Å². The minimum atomic E-state index is -0.441. The summed E-state index contributed by atoms with van der Waals surface area (Å²) in [5.41, 5.74) is 1.04. The molecule has 2 unspecified atom stereocenters. The number of carbonyl (C=O) groups excluding carboxylic acids is 3. The van der Waals surface area contributed by atoms with E-state index in [4.69, 9.17) is 9.47 Å². The minimum absolute atomic E-state index is 0.0183. The van der Waals surface area contributed by atoms with Gasteiger partial charge in [-0.1, -0.05) is 26.3 Å². The van der Waals surface area contributed by atoms with E-state index in [1.165, 1.54) is 5.57 Å². The van der Waals surface area contributed by atoms with Crippen LogP contribution in [0.15, 0.2) is 11.6 Å². The van der Waals surface area contributed by atoms with Crippen molar-refractivity contribution < 1.29 is 23.9 Å². The first-order chi connectivity index (χ1) is 15.7. The molecule has 0 aromatic carbocycles. The van der Waals surface area contributed by atoms with Crippen molar-refractivity contribution in [1.29, 1.82) is 0 Å². The summed E-state index contributed by atoms with van der Waals surface area (Å²) >= 11 is 0. The molecule has 0 spiro atoms. The molecular weight excluding hydrogens is 416 g/mol. The average Bonchev–Trinajstić information content (AvgIpc) is 3.14. The highest BCUT2D eigenvalue weighted by Crippen LogP contribution is 2.65. The normalized spacial score (nSPS) is 45.8. The van der Waals surface area contributed by atoms with Crippen LogP contribution in [0.2, 0.25) is 0 Å². The number of allylic oxidation sites excluding steroid dienone is 1. The molecule has 9 atom stereocenters. The molecule has 33 heavy (non-hydrogen) atoms. The molecule has 0 radical (unpaired) electrons. The van der Waals surface area contributed by atoms with Crippen LogP contribution >= 0.6 is 0 Å². The molecule has 182 valence electrons. The predicted octanol–water partition coefficient (Wildman–Crippen LogP) is 5.41. The molecule has 5 heteroatoms. The van der Waals surface area contributed by atoms with Crippen molar-refractivity contribution in [3.63, 3.8) is 0 Å². The first-order valence-electron chi connectivity index (χ1n) is 13.3. The fraction of sp³-hybridized carbons (Fsp3) is 0.821. The third kappa shape index (κ3) is 3.60. The van der Waals surface area contributed by atoms with Crippen LogP contribution in [0.5, 0.6) is 0 Å². The Morgan fingerprint density at radius 2 is 1.85 bits per heavy atom. The van der Waals surface area contributed by atoms with Crippen molar-refractivity contribution >= 4 is 17.7 Å². The van der Waals surface area contributed by atoms with E-state index >= 15 is 0 Å². The Morgan fingerprint density at radius 3 is 2.58 bits per heavy atom. The van der Waals surface area contributed by atoms with Crippen LogP contribution in [0.4, 0.5) is 0 Å². The SMILES string of the molecule is CC(=O)O[C@]12CC[C@H]3[C@@H](CCC4=CC(=O)CC[C@@]43C)[C@@H]1CC[C@@H]2[C@H](C)C1CCC(C)C(=O)O1. The zero-order chi connectivity index (χ0) is 23.5. The maximum atomic E-state index is 12.4. The molecule has 4 fully saturated rings. The Hall–Kier alpha value is -1.65. The summed E-state index contributed by atoms with van der Waals surface area (Å²) in [5, 5.41) is 0. The van der Waals surface area contributed by atoms with Crippen LogP contribution < -0.4 is 0 Å². The number of fused-ring (bicyclic) bond motifs is 5. The summed E-state index contributed by atoms with van der Waals surface area (Å²) in [6, 6.07) is 0. The molecule has 3 saturated carbocycles. The van der Waals surface area contributed by atoms with Crippen LogP contribution in [0.25, 0.3) is 0 Å². The van der Waals surface area contributed by atoms with Crippen LogP contribution in [-0.4, -0.2) is 29.4 Å². The second kappa shape index (κ2) is 8.23. The summed E-state index contributed by atoms with van der Waals surface area (Å²) in [6.07, 6.45) is 11.4. The highest BCUT2D eigenvalue weighted by Gasteiger charge is 2.64. The zero-order valence-corrected chi connectivity index (χ0v) is 20.7. The van der Waals surface area contributed by atoms with Gasteiger partial charge in [-0.2, -0.15) is 0 Å². The van der Waals surface area contributed by atoms with E-state index < -0.39 is 5.60 Å². The van der Waals surface area contributed by atoms with Gasteiger partial charge < -0.3 is 9.47 Å². The largest absolute Gasteiger partial charge is 0.462 e. The molecule has 1 aliphatic heterocycles. The summed E-state index contributed by atoms with van der Waals surface area (Å²) in [5.74, 6) is 1.87. The first kappa shape index (κ1) is 23.1. The number of carbonyl (C=O) groups is 3. The van der Waals surface area contributed by atoms with E-state index in [1.807, 2.05) is 13.0 Å². The van der Waals surface area contributed by atoms with Gasteiger partial charge in [0.2, 0.25) is 0 Å². The minimum Gasteiger partial charge on any atom is -0.462 e.